The monoisotopic (exact) mass is 371 g/mol. The normalized spacial score (nSPS) is 15.9. The molecule has 0 unspecified atom stereocenters. The standard InChI is InChI=1S/C19H22ClN5O/c1-13-21-8-5-19(22-13)25-9-6-15(7-10-25)24(2)12-17-16-11-14(20)3-4-18(16)26-23-17/h3-5,8,11,15H,6-7,9-10,12H2,1-2H3. The Hall–Kier alpha value is -2.18. The van der Waals surface area contributed by atoms with Gasteiger partial charge >= 0.3 is 0 Å². The third kappa shape index (κ3) is 3.52. The third-order valence-electron chi connectivity index (χ3n) is 5.08. The lowest BCUT2D eigenvalue weighted by Gasteiger charge is -2.37. The summed E-state index contributed by atoms with van der Waals surface area (Å²) < 4.78 is 5.42. The zero-order chi connectivity index (χ0) is 18.1. The number of aromatic nitrogens is 3. The molecule has 6 nitrogen and oxygen atoms in total. The van der Waals surface area contributed by atoms with Gasteiger partial charge in [-0.3, -0.25) is 4.90 Å². The number of halogens is 1. The van der Waals surface area contributed by atoms with Gasteiger partial charge in [0.15, 0.2) is 5.58 Å². The van der Waals surface area contributed by atoms with E-state index >= 15 is 0 Å². The molecule has 1 aromatic carbocycles. The molecule has 7 heteroatoms. The number of benzene rings is 1. The van der Waals surface area contributed by atoms with Crippen LogP contribution < -0.4 is 4.90 Å². The summed E-state index contributed by atoms with van der Waals surface area (Å²) >= 11 is 6.12. The molecule has 26 heavy (non-hydrogen) atoms. The minimum absolute atomic E-state index is 0.514. The number of hydrogen-bond acceptors (Lipinski definition) is 6. The van der Waals surface area contributed by atoms with Crippen molar-refractivity contribution in [2.75, 3.05) is 25.0 Å². The van der Waals surface area contributed by atoms with Crippen LogP contribution in [0.25, 0.3) is 11.0 Å². The Bertz CT molecular complexity index is 904. The van der Waals surface area contributed by atoms with Crippen LogP contribution in [0.5, 0.6) is 0 Å². The van der Waals surface area contributed by atoms with Gasteiger partial charge in [-0.2, -0.15) is 0 Å². The van der Waals surface area contributed by atoms with Gasteiger partial charge in [-0.1, -0.05) is 16.8 Å². The number of nitrogens with zero attached hydrogens (tertiary/aromatic N) is 5. The molecular weight excluding hydrogens is 350 g/mol. The number of anilines is 1. The van der Waals surface area contributed by atoms with Gasteiger partial charge in [0.1, 0.15) is 17.3 Å². The fraction of sp³-hybridized carbons (Fsp3) is 0.421. The quantitative estimate of drug-likeness (QED) is 0.697. The zero-order valence-corrected chi connectivity index (χ0v) is 15.8. The Kier molecular flexibility index (Phi) is 4.78. The number of aryl methyl sites for hydroxylation is 1. The van der Waals surface area contributed by atoms with Gasteiger partial charge < -0.3 is 9.42 Å². The molecule has 1 fully saturated rings. The topological polar surface area (TPSA) is 58.3 Å². The molecule has 0 bridgehead atoms. The van der Waals surface area contributed by atoms with Crippen molar-refractivity contribution in [2.45, 2.75) is 32.4 Å². The van der Waals surface area contributed by atoms with Gasteiger partial charge in [0, 0.05) is 42.3 Å². The van der Waals surface area contributed by atoms with Crippen molar-refractivity contribution in [3.63, 3.8) is 0 Å². The minimum atomic E-state index is 0.514. The van der Waals surface area contributed by atoms with Crippen LogP contribution >= 0.6 is 11.6 Å². The predicted molar refractivity (Wildman–Crippen MR) is 102 cm³/mol. The first-order valence-electron chi connectivity index (χ1n) is 8.89. The lowest BCUT2D eigenvalue weighted by atomic mass is 10.0. The fourth-order valence-corrected chi connectivity index (χ4v) is 3.77. The van der Waals surface area contributed by atoms with E-state index in [0.717, 1.165) is 60.8 Å². The average Bonchev–Trinajstić information content (AvgIpc) is 3.04. The molecule has 1 aliphatic heterocycles. The first-order valence-corrected chi connectivity index (χ1v) is 9.26. The number of hydrogen-bond donors (Lipinski definition) is 0. The summed E-state index contributed by atoms with van der Waals surface area (Å²) in [6.45, 7) is 4.68. The van der Waals surface area contributed by atoms with E-state index in [2.05, 4.69) is 32.0 Å². The molecule has 1 aliphatic rings. The maximum Gasteiger partial charge on any atom is 0.167 e. The summed E-state index contributed by atoms with van der Waals surface area (Å²) in [5.41, 5.74) is 1.73. The molecule has 0 radical (unpaired) electrons. The molecule has 4 rings (SSSR count). The van der Waals surface area contributed by atoms with Crippen molar-refractivity contribution < 1.29 is 4.52 Å². The van der Waals surface area contributed by atoms with Gasteiger partial charge in [-0.25, -0.2) is 9.97 Å². The van der Waals surface area contributed by atoms with Crippen LogP contribution in [-0.4, -0.2) is 46.2 Å². The first-order chi connectivity index (χ1) is 12.6. The first kappa shape index (κ1) is 17.2. The molecule has 0 N–H and O–H groups in total. The van der Waals surface area contributed by atoms with E-state index < -0.39 is 0 Å². The van der Waals surface area contributed by atoms with Gasteiger partial charge in [0.25, 0.3) is 0 Å². The number of fused-ring (bicyclic) bond motifs is 1. The lowest BCUT2D eigenvalue weighted by molar-refractivity contribution is 0.196. The second-order valence-electron chi connectivity index (χ2n) is 6.87. The van der Waals surface area contributed by atoms with Crippen LogP contribution in [0.1, 0.15) is 24.4 Å². The molecule has 3 aromatic rings. The van der Waals surface area contributed by atoms with E-state index in [0.29, 0.717) is 11.1 Å². The van der Waals surface area contributed by atoms with E-state index in [9.17, 15) is 0 Å². The molecule has 0 aliphatic carbocycles. The van der Waals surface area contributed by atoms with Crippen molar-refractivity contribution in [1.29, 1.82) is 0 Å². The maximum absolute atomic E-state index is 6.12. The second-order valence-corrected chi connectivity index (χ2v) is 7.30. The molecule has 3 heterocycles. The average molecular weight is 372 g/mol. The van der Waals surface area contributed by atoms with E-state index in [-0.39, 0.29) is 0 Å². The van der Waals surface area contributed by atoms with Crippen LogP contribution in [0.4, 0.5) is 5.82 Å². The van der Waals surface area contributed by atoms with Gasteiger partial charge in [-0.15, -0.1) is 0 Å². The van der Waals surface area contributed by atoms with Crippen molar-refractivity contribution in [3.05, 3.63) is 47.0 Å². The molecule has 1 saturated heterocycles. The smallest absolute Gasteiger partial charge is 0.167 e. The molecule has 0 saturated carbocycles. The summed E-state index contributed by atoms with van der Waals surface area (Å²) in [6.07, 6.45) is 4.02. The predicted octanol–water partition coefficient (Wildman–Crippen LogP) is 3.68. The van der Waals surface area contributed by atoms with Crippen molar-refractivity contribution in [1.82, 2.24) is 20.0 Å². The Morgan fingerprint density at radius 3 is 2.85 bits per heavy atom. The highest BCUT2D eigenvalue weighted by atomic mass is 35.5. The highest BCUT2D eigenvalue weighted by Crippen LogP contribution is 2.26. The molecular formula is C19H22ClN5O. The van der Waals surface area contributed by atoms with E-state index in [1.165, 1.54) is 0 Å². The Labute approximate surface area is 157 Å². The van der Waals surface area contributed by atoms with E-state index in [1.807, 2.05) is 37.4 Å². The summed E-state index contributed by atoms with van der Waals surface area (Å²) in [4.78, 5) is 13.4. The maximum atomic E-state index is 6.12. The summed E-state index contributed by atoms with van der Waals surface area (Å²) in [5, 5.41) is 5.95. The van der Waals surface area contributed by atoms with Crippen molar-refractivity contribution >= 4 is 28.4 Å². The summed E-state index contributed by atoms with van der Waals surface area (Å²) in [7, 11) is 2.15. The SMILES string of the molecule is Cc1nccc(N2CCC(N(C)Cc3noc4ccc(Cl)cc34)CC2)n1. The van der Waals surface area contributed by atoms with Crippen LogP contribution in [0.3, 0.4) is 0 Å². The Balaban J connectivity index is 1.40. The molecule has 136 valence electrons. The molecule has 0 amide bonds. The zero-order valence-electron chi connectivity index (χ0n) is 15.0. The highest BCUT2D eigenvalue weighted by molar-refractivity contribution is 6.31. The Morgan fingerprint density at radius 2 is 2.08 bits per heavy atom. The Morgan fingerprint density at radius 1 is 1.27 bits per heavy atom. The van der Waals surface area contributed by atoms with E-state index in [4.69, 9.17) is 16.1 Å². The lowest BCUT2D eigenvalue weighted by Crippen LogP contribution is -2.43. The third-order valence-corrected chi connectivity index (χ3v) is 5.31. The van der Waals surface area contributed by atoms with Crippen molar-refractivity contribution in [3.8, 4) is 0 Å². The van der Waals surface area contributed by atoms with Crippen LogP contribution in [0, 0.1) is 6.92 Å². The summed E-state index contributed by atoms with van der Waals surface area (Å²) in [5.74, 6) is 1.84. The molecule has 2 aromatic heterocycles. The highest BCUT2D eigenvalue weighted by Gasteiger charge is 2.24. The van der Waals surface area contributed by atoms with Gasteiger partial charge in [0.05, 0.1) is 0 Å². The molecule has 0 spiro atoms. The van der Waals surface area contributed by atoms with Crippen LogP contribution in [0.15, 0.2) is 35.0 Å². The summed E-state index contributed by atoms with van der Waals surface area (Å²) in [6, 6.07) is 8.13. The number of piperidine rings is 1. The van der Waals surface area contributed by atoms with Crippen LogP contribution in [-0.2, 0) is 6.54 Å². The number of rotatable bonds is 4. The van der Waals surface area contributed by atoms with Gasteiger partial charge in [-0.05, 0) is 51.1 Å². The van der Waals surface area contributed by atoms with Crippen LogP contribution in [0.2, 0.25) is 5.02 Å². The van der Waals surface area contributed by atoms with Gasteiger partial charge in [0.2, 0.25) is 0 Å². The minimum Gasteiger partial charge on any atom is -0.356 e. The van der Waals surface area contributed by atoms with E-state index in [1.54, 1.807) is 0 Å². The van der Waals surface area contributed by atoms with Crippen molar-refractivity contribution in [2.24, 2.45) is 0 Å². The second kappa shape index (κ2) is 7.21. The largest absolute Gasteiger partial charge is 0.356 e. The fourth-order valence-electron chi connectivity index (χ4n) is 3.60. The molecule has 0 atom stereocenters.